The quantitative estimate of drug-likeness (QED) is 0.887. The molecular weight excluding hydrogens is 294 g/mol. The predicted octanol–water partition coefficient (Wildman–Crippen LogP) is 4.07. The van der Waals surface area contributed by atoms with Crippen LogP contribution in [0.4, 0.5) is 0 Å². The van der Waals surface area contributed by atoms with Gasteiger partial charge in [0.15, 0.2) is 0 Å². The largest absolute Gasteiger partial charge is 0.327 e. The maximum absolute atomic E-state index is 6.10. The van der Waals surface area contributed by atoms with E-state index < -0.39 is 0 Å². The van der Waals surface area contributed by atoms with Gasteiger partial charge in [-0.1, -0.05) is 40.5 Å². The van der Waals surface area contributed by atoms with E-state index in [0.29, 0.717) is 6.04 Å². The zero-order valence-electron chi connectivity index (χ0n) is 8.67. The first-order valence-corrected chi connectivity index (χ1v) is 7.23. The normalized spacial score (nSPS) is 12.8. The molecule has 1 aromatic rings. The minimum atomic E-state index is 0.296. The first kappa shape index (κ1) is 13.4. The van der Waals surface area contributed by atoms with Gasteiger partial charge in [0.2, 0.25) is 0 Å². The van der Waals surface area contributed by atoms with Crippen LogP contribution in [0.5, 0.6) is 0 Å². The fourth-order valence-electron chi connectivity index (χ4n) is 1.08. The molecule has 0 aromatic heterocycles. The third-order valence-electron chi connectivity index (χ3n) is 2.13. The Morgan fingerprint density at radius 2 is 2.27 bits per heavy atom. The highest BCUT2D eigenvalue weighted by molar-refractivity contribution is 9.10. The Labute approximate surface area is 109 Å². The summed E-state index contributed by atoms with van der Waals surface area (Å²) in [5, 5.41) is 0.821. The van der Waals surface area contributed by atoms with E-state index in [1.54, 1.807) is 0 Å². The Kier molecular flexibility index (Phi) is 6.05. The van der Waals surface area contributed by atoms with E-state index in [1.807, 2.05) is 23.9 Å². The second-order valence-corrected chi connectivity index (χ2v) is 5.77. The van der Waals surface area contributed by atoms with Gasteiger partial charge in [-0.15, -0.1) is 0 Å². The van der Waals surface area contributed by atoms with Gasteiger partial charge in [-0.2, -0.15) is 11.8 Å². The van der Waals surface area contributed by atoms with E-state index >= 15 is 0 Å². The fraction of sp³-hybridized carbons (Fsp3) is 0.455. The van der Waals surface area contributed by atoms with Crippen molar-refractivity contribution < 1.29 is 0 Å². The summed E-state index contributed by atoms with van der Waals surface area (Å²) in [6.07, 6.45) is 1.03. The molecule has 15 heavy (non-hydrogen) atoms. The summed E-state index contributed by atoms with van der Waals surface area (Å²) in [5.74, 6) is 1.92. The van der Waals surface area contributed by atoms with Gasteiger partial charge in [-0.3, -0.25) is 0 Å². The summed E-state index contributed by atoms with van der Waals surface area (Å²) in [7, 11) is 0. The monoisotopic (exact) mass is 307 g/mol. The Bertz CT molecular complexity index is 319. The van der Waals surface area contributed by atoms with Crippen LogP contribution in [0.25, 0.3) is 0 Å². The number of rotatable bonds is 5. The van der Waals surface area contributed by atoms with E-state index in [4.69, 9.17) is 17.3 Å². The summed E-state index contributed by atoms with van der Waals surface area (Å²) in [6.45, 7) is 2.11. The van der Waals surface area contributed by atoms with Crippen molar-refractivity contribution in [2.75, 3.05) is 5.75 Å². The first-order valence-electron chi connectivity index (χ1n) is 4.90. The maximum Gasteiger partial charge on any atom is 0.0457 e. The second-order valence-electron chi connectivity index (χ2n) is 3.42. The molecule has 2 N–H and O–H groups in total. The topological polar surface area (TPSA) is 26.0 Å². The Morgan fingerprint density at radius 3 is 2.87 bits per heavy atom. The summed E-state index contributed by atoms with van der Waals surface area (Å²) in [5.41, 5.74) is 7.01. The van der Waals surface area contributed by atoms with Crippen molar-refractivity contribution in [1.82, 2.24) is 0 Å². The molecule has 0 amide bonds. The molecule has 1 nitrogen and oxygen atoms in total. The van der Waals surface area contributed by atoms with E-state index in [0.717, 1.165) is 27.4 Å². The molecule has 0 bridgehead atoms. The fourth-order valence-corrected chi connectivity index (χ4v) is 3.02. The van der Waals surface area contributed by atoms with Crippen LogP contribution in [0, 0.1) is 0 Å². The molecular formula is C11H15BrClNS. The van der Waals surface area contributed by atoms with E-state index in [1.165, 1.54) is 5.56 Å². The molecule has 0 spiro atoms. The van der Waals surface area contributed by atoms with Gasteiger partial charge in [-0.25, -0.2) is 0 Å². The summed E-state index contributed by atoms with van der Waals surface area (Å²) < 4.78 is 1.02. The lowest BCUT2D eigenvalue weighted by molar-refractivity contribution is 0.725. The molecule has 1 rings (SSSR count). The van der Waals surface area contributed by atoms with E-state index in [2.05, 4.69) is 28.9 Å². The molecule has 1 aromatic carbocycles. The molecule has 1 atom stereocenters. The van der Waals surface area contributed by atoms with E-state index in [9.17, 15) is 0 Å². The number of hydrogen-bond donors (Lipinski definition) is 1. The van der Waals surface area contributed by atoms with Gasteiger partial charge in [0.05, 0.1) is 0 Å². The number of benzene rings is 1. The van der Waals surface area contributed by atoms with Crippen LogP contribution in [0.3, 0.4) is 0 Å². The van der Waals surface area contributed by atoms with Gasteiger partial charge < -0.3 is 5.73 Å². The smallest absolute Gasteiger partial charge is 0.0457 e. The summed E-state index contributed by atoms with van der Waals surface area (Å²) in [6, 6.07) is 6.29. The van der Waals surface area contributed by atoms with Crippen LogP contribution in [0.15, 0.2) is 22.7 Å². The van der Waals surface area contributed by atoms with E-state index in [-0.39, 0.29) is 0 Å². The van der Waals surface area contributed by atoms with Crippen molar-refractivity contribution in [1.29, 1.82) is 0 Å². The van der Waals surface area contributed by atoms with Crippen LogP contribution < -0.4 is 5.73 Å². The van der Waals surface area contributed by atoms with Gasteiger partial charge in [-0.05, 0) is 24.1 Å². The highest BCUT2D eigenvalue weighted by atomic mass is 79.9. The summed E-state index contributed by atoms with van der Waals surface area (Å²) in [4.78, 5) is 0. The second kappa shape index (κ2) is 6.79. The van der Waals surface area contributed by atoms with Crippen LogP contribution in [-0.2, 0) is 5.75 Å². The van der Waals surface area contributed by atoms with Crippen molar-refractivity contribution in [3.63, 3.8) is 0 Å². The number of nitrogens with two attached hydrogens (primary N) is 1. The van der Waals surface area contributed by atoms with Gasteiger partial charge in [0, 0.05) is 27.0 Å². The SMILES string of the molecule is CCC(N)CSCc1ccc(Br)cc1Cl. The minimum absolute atomic E-state index is 0.296. The van der Waals surface area contributed by atoms with Crippen LogP contribution in [0.2, 0.25) is 5.02 Å². The summed E-state index contributed by atoms with van der Waals surface area (Å²) >= 11 is 11.3. The Balaban J connectivity index is 2.44. The molecule has 0 saturated carbocycles. The zero-order valence-corrected chi connectivity index (χ0v) is 11.8. The maximum atomic E-state index is 6.10. The molecule has 0 aliphatic carbocycles. The predicted molar refractivity (Wildman–Crippen MR) is 73.6 cm³/mol. The standard InChI is InChI=1S/C11H15BrClNS/c1-2-10(14)7-15-6-8-3-4-9(12)5-11(8)13/h3-5,10H,2,6-7,14H2,1H3. The molecule has 0 aliphatic rings. The average Bonchev–Trinajstić information content (AvgIpc) is 2.21. The van der Waals surface area contributed by atoms with Gasteiger partial charge >= 0.3 is 0 Å². The van der Waals surface area contributed by atoms with Gasteiger partial charge in [0.1, 0.15) is 0 Å². The Morgan fingerprint density at radius 1 is 1.53 bits per heavy atom. The van der Waals surface area contributed by atoms with Crippen molar-refractivity contribution >= 4 is 39.3 Å². The van der Waals surface area contributed by atoms with Crippen molar-refractivity contribution in [2.45, 2.75) is 25.1 Å². The lowest BCUT2D eigenvalue weighted by Gasteiger charge is -2.09. The molecule has 0 heterocycles. The third-order valence-corrected chi connectivity index (χ3v) is 4.15. The van der Waals surface area contributed by atoms with Crippen molar-refractivity contribution in [3.8, 4) is 0 Å². The lowest BCUT2D eigenvalue weighted by Crippen LogP contribution is -2.21. The number of hydrogen-bond acceptors (Lipinski definition) is 2. The number of thioether (sulfide) groups is 1. The van der Waals surface area contributed by atoms with Crippen LogP contribution in [0.1, 0.15) is 18.9 Å². The van der Waals surface area contributed by atoms with Crippen LogP contribution in [-0.4, -0.2) is 11.8 Å². The zero-order chi connectivity index (χ0) is 11.3. The molecule has 0 aliphatic heterocycles. The van der Waals surface area contributed by atoms with Crippen molar-refractivity contribution in [3.05, 3.63) is 33.3 Å². The molecule has 0 saturated heterocycles. The molecule has 0 radical (unpaired) electrons. The van der Waals surface area contributed by atoms with Crippen LogP contribution >= 0.6 is 39.3 Å². The molecule has 4 heteroatoms. The minimum Gasteiger partial charge on any atom is -0.327 e. The average molecular weight is 309 g/mol. The van der Waals surface area contributed by atoms with Gasteiger partial charge in [0.25, 0.3) is 0 Å². The molecule has 84 valence electrons. The highest BCUT2D eigenvalue weighted by Crippen LogP contribution is 2.25. The third kappa shape index (κ3) is 4.77. The molecule has 0 fully saturated rings. The van der Waals surface area contributed by atoms with Crippen molar-refractivity contribution in [2.24, 2.45) is 5.73 Å². The molecule has 1 unspecified atom stereocenters. The number of halogens is 2. The highest BCUT2D eigenvalue weighted by Gasteiger charge is 2.03. The first-order chi connectivity index (χ1) is 7.13. The lowest BCUT2D eigenvalue weighted by atomic mass is 10.2. The Hall–Kier alpha value is 0.300.